The summed E-state index contributed by atoms with van der Waals surface area (Å²) in [6.07, 6.45) is 0.702. The van der Waals surface area contributed by atoms with Crippen molar-refractivity contribution < 1.29 is 4.52 Å². The van der Waals surface area contributed by atoms with Gasteiger partial charge in [-0.2, -0.15) is 16.3 Å². The minimum Gasteiger partial charge on any atom is -0.334 e. The molecule has 0 radical (unpaired) electrons. The standard InChI is InChI=1S/C22H17N5OS2/c1-3-7-16(8-4-1)13-20-24-25-22(27(20)18-9-5-2-6-10-18)30-15-19-23-21(28-26-19)17-11-12-29-14-17/h1-12,14H,13,15H2. The fraction of sp³-hybridized carbons (Fsp3) is 0.0909. The maximum absolute atomic E-state index is 5.39. The monoisotopic (exact) mass is 431 g/mol. The van der Waals surface area contributed by atoms with Gasteiger partial charge in [-0.15, -0.1) is 10.2 Å². The van der Waals surface area contributed by atoms with Gasteiger partial charge >= 0.3 is 0 Å². The summed E-state index contributed by atoms with van der Waals surface area (Å²) in [7, 11) is 0. The second kappa shape index (κ2) is 8.64. The van der Waals surface area contributed by atoms with Gasteiger partial charge < -0.3 is 4.52 Å². The fourth-order valence-corrected chi connectivity index (χ4v) is 4.51. The van der Waals surface area contributed by atoms with E-state index >= 15 is 0 Å². The van der Waals surface area contributed by atoms with Crippen LogP contribution in [-0.2, 0) is 12.2 Å². The molecule has 148 valence electrons. The van der Waals surface area contributed by atoms with Crippen LogP contribution >= 0.6 is 23.1 Å². The van der Waals surface area contributed by atoms with Crippen LogP contribution in [0.25, 0.3) is 17.1 Å². The zero-order chi connectivity index (χ0) is 20.2. The van der Waals surface area contributed by atoms with E-state index in [1.54, 1.807) is 23.1 Å². The molecule has 0 aliphatic heterocycles. The molecule has 0 bridgehead atoms. The molecule has 0 aliphatic rings. The van der Waals surface area contributed by atoms with Crippen molar-refractivity contribution in [2.24, 2.45) is 0 Å². The maximum Gasteiger partial charge on any atom is 0.258 e. The zero-order valence-electron chi connectivity index (χ0n) is 15.9. The first-order valence-corrected chi connectivity index (χ1v) is 11.3. The van der Waals surface area contributed by atoms with E-state index < -0.39 is 0 Å². The lowest BCUT2D eigenvalue weighted by Crippen LogP contribution is -2.03. The number of hydrogen-bond acceptors (Lipinski definition) is 7. The molecule has 0 saturated carbocycles. The van der Waals surface area contributed by atoms with E-state index in [4.69, 9.17) is 4.52 Å². The van der Waals surface area contributed by atoms with Gasteiger partial charge in [0.15, 0.2) is 11.0 Å². The molecular weight excluding hydrogens is 414 g/mol. The Balaban J connectivity index is 1.40. The predicted molar refractivity (Wildman–Crippen MR) is 118 cm³/mol. The Morgan fingerprint density at radius 2 is 1.73 bits per heavy atom. The topological polar surface area (TPSA) is 69.6 Å². The Morgan fingerprint density at radius 1 is 0.933 bits per heavy atom. The second-order valence-corrected chi connectivity index (χ2v) is 8.27. The number of thioether (sulfide) groups is 1. The van der Waals surface area contributed by atoms with Gasteiger partial charge in [-0.25, -0.2) is 0 Å². The molecule has 5 aromatic rings. The van der Waals surface area contributed by atoms with Crippen LogP contribution in [0.5, 0.6) is 0 Å². The van der Waals surface area contributed by atoms with Crippen molar-refractivity contribution in [3.05, 3.63) is 94.7 Å². The molecule has 3 aromatic heterocycles. The van der Waals surface area contributed by atoms with Crippen molar-refractivity contribution in [1.82, 2.24) is 24.9 Å². The molecule has 5 rings (SSSR count). The number of para-hydroxylation sites is 1. The first kappa shape index (κ1) is 18.8. The van der Waals surface area contributed by atoms with Gasteiger partial charge in [0, 0.05) is 17.5 Å². The summed E-state index contributed by atoms with van der Waals surface area (Å²) in [6.45, 7) is 0. The van der Waals surface area contributed by atoms with Crippen molar-refractivity contribution in [2.45, 2.75) is 17.3 Å². The Kier molecular flexibility index (Phi) is 5.41. The summed E-state index contributed by atoms with van der Waals surface area (Å²) in [5.41, 5.74) is 3.17. The molecule has 0 fully saturated rings. The van der Waals surface area contributed by atoms with Crippen LogP contribution in [-0.4, -0.2) is 24.9 Å². The lowest BCUT2D eigenvalue weighted by Gasteiger charge is -2.09. The molecule has 0 saturated heterocycles. The van der Waals surface area contributed by atoms with Crippen LogP contribution in [0.2, 0.25) is 0 Å². The van der Waals surface area contributed by atoms with Gasteiger partial charge in [0.2, 0.25) is 0 Å². The molecule has 0 spiro atoms. The highest BCUT2D eigenvalue weighted by Crippen LogP contribution is 2.27. The highest BCUT2D eigenvalue weighted by Gasteiger charge is 2.17. The molecule has 30 heavy (non-hydrogen) atoms. The number of rotatable bonds is 7. The maximum atomic E-state index is 5.39. The van der Waals surface area contributed by atoms with Crippen LogP contribution in [0.15, 0.2) is 87.2 Å². The van der Waals surface area contributed by atoms with Crippen LogP contribution in [0, 0.1) is 0 Å². The molecule has 2 aromatic carbocycles. The van der Waals surface area contributed by atoms with Gasteiger partial charge in [0.05, 0.1) is 11.3 Å². The lowest BCUT2D eigenvalue weighted by atomic mass is 10.1. The molecular formula is C22H17N5OS2. The van der Waals surface area contributed by atoms with Crippen molar-refractivity contribution >= 4 is 23.1 Å². The smallest absolute Gasteiger partial charge is 0.258 e. The highest BCUT2D eigenvalue weighted by molar-refractivity contribution is 7.98. The van der Waals surface area contributed by atoms with E-state index in [2.05, 4.69) is 49.2 Å². The van der Waals surface area contributed by atoms with E-state index in [9.17, 15) is 0 Å². The van der Waals surface area contributed by atoms with Gasteiger partial charge in [0.25, 0.3) is 5.89 Å². The van der Waals surface area contributed by atoms with Crippen molar-refractivity contribution in [3.63, 3.8) is 0 Å². The molecule has 8 heteroatoms. The fourth-order valence-electron chi connectivity index (χ4n) is 3.07. The minimum absolute atomic E-state index is 0.543. The molecule has 0 unspecified atom stereocenters. The molecule has 3 heterocycles. The summed E-state index contributed by atoms with van der Waals surface area (Å²) in [5, 5.41) is 17.8. The van der Waals surface area contributed by atoms with Gasteiger partial charge in [0.1, 0.15) is 5.82 Å². The molecule has 0 amide bonds. The van der Waals surface area contributed by atoms with Gasteiger partial charge in [-0.05, 0) is 29.1 Å². The van der Waals surface area contributed by atoms with Crippen molar-refractivity contribution in [1.29, 1.82) is 0 Å². The SMILES string of the molecule is c1ccc(Cc2nnc(SCc3noc(-c4ccsc4)n3)n2-c2ccccc2)cc1. The Labute approximate surface area is 181 Å². The Morgan fingerprint density at radius 3 is 2.50 bits per heavy atom. The summed E-state index contributed by atoms with van der Waals surface area (Å²) < 4.78 is 7.48. The quantitative estimate of drug-likeness (QED) is 0.327. The number of hydrogen-bond donors (Lipinski definition) is 0. The first-order chi connectivity index (χ1) is 14.9. The average molecular weight is 432 g/mol. The van der Waals surface area contributed by atoms with Gasteiger partial charge in [-0.1, -0.05) is 65.4 Å². The summed E-state index contributed by atoms with van der Waals surface area (Å²) in [6, 6.07) is 22.4. The van der Waals surface area contributed by atoms with Crippen LogP contribution in [0.3, 0.4) is 0 Å². The van der Waals surface area contributed by atoms with Crippen LogP contribution in [0.1, 0.15) is 17.2 Å². The summed E-state index contributed by atoms with van der Waals surface area (Å²) in [4.78, 5) is 4.50. The lowest BCUT2D eigenvalue weighted by molar-refractivity contribution is 0.425. The largest absolute Gasteiger partial charge is 0.334 e. The van der Waals surface area contributed by atoms with Crippen LogP contribution in [0.4, 0.5) is 0 Å². The predicted octanol–water partition coefficient (Wildman–Crippen LogP) is 5.26. The molecule has 0 N–H and O–H groups in total. The summed E-state index contributed by atoms with van der Waals surface area (Å²) in [5.74, 6) is 2.61. The normalized spacial score (nSPS) is 11.1. The van der Waals surface area contributed by atoms with Gasteiger partial charge in [-0.3, -0.25) is 4.57 Å². The molecule has 6 nitrogen and oxygen atoms in total. The molecule has 0 aliphatic carbocycles. The van der Waals surface area contributed by atoms with E-state index in [0.29, 0.717) is 23.9 Å². The molecule has 0 atom stereocenters. The van der Waals surface area contributed by atoms with E-state index in [1.807, 2.05) is 53.2 Å². The van der Waals surface area contributed by atoms with Crippen molar-refractivity contribution in [2.75, 3.05) is 0 Å². The Hall–Kier alpha value is -3.23. The zero-order valence-corrected chi connectivity index (χ0v) is 17.5. The third-order valence-corrected chi connectivity index (χ3v) is 6.09. The van der Waals surface area contributed by atoms with E-state index in [0.717, 1.165) is 22.2 Å². The number of aromatic nitrogens is 5. The third-order valence-electron chi connectivity index (χ3n) is 4.49. The summed E-state index contributed by atoms with van der Waals surface area (Å²) >= 11 is 3.15. The highest BCUT2D eigenvalue weighted by atomic mass is 32.2. The first-order valence-electron chi connectivity index (χ1n) is 9.38. The number of nitrogens with zero attached hydrogens (tertiary/aromatic N) is 5. The Bertz CT molecular complexity index is 1220. The third kappa shape index (κ3) is 4.05. The minimum atomic E-state index is 0.543. The second-order valence-electron chi connectivity index (χ2n) is 6.55. The van der Waals surface area contributed by atoms with E-state index in [-0.39, 0.29) is 0 Å². The average Bonchev–Trinajstić information content (AvgIpc) is 3.54. The van der Waals surface area contributed by atoms with Crippen molar-refractivity contribution in [3.8, 4) is 17.1 Å². The number of benzene rings is 2. The van der Waals surface area contributed by atoms with Crippen LogP contribution < -0.4 is 0 Å². The van der Waals surface area contributed by atoms with E-state index in [1.165, 1.54) is 5.56 Å². The number of thiophene rings is 1.